The quantitative estimate of drug-likeness (QED) is 0.827. The first-order valence-electron chi connectivity index (χ1n) is 4.62. The van der Waals surface area contributed by atoms with Gasteiger partial charge in [0.25, 0.3) is 0 Å². The SMILES string of the molecule is CNCCC(=O)NCCc1nccs1.Cl.Cl. The Morgan fingerprint density at radius 2 is 2.19 bits per heavy atom. The molecule has 0 aliphatic heterocycles. The molecule has 94 valence electrons. The van der Waals surface area contributed by atoms with Gasteiger partial charge in [-0.1, -0.05) is 0 Å². The van der Waals surface area contributed by atoms with Crippen LogP contribution < -0.4 is 10.6 Å². The summed E-state index contributed by atoms with van der Waals surface area (Å²) in [7, 11) is 1.84. The largest absolute Gasteiger partial charge is 0.356 e. The van der Waals surface area contributed by atoms with Gasteiger partial charge >= 0.3 is 0 Å². The van der Waals surface area contributed by atoms with Gasteiger partial charge in [-0.15, -0.1) is 36.2 Å². The van der Waals surface area contributed by atoms with Crippen molar-refractivity contribution in [2.24, 2.45) is 0 Å². The average molecular weight is 286 g/mol. The second-order valence-corrected chi connectivity index (χ2v) is 3.86. The summed E-state index contributed by atoms with van der Waals surface area (Å²) in [5, 5.41) is 8.79. The average Bonchev–Trinajstić information content (AvgIpc) is 2.67. The fraction of sp³-hybridized carbons (Fsp3) is 0.556. The molecular weight excluding hydrogens is 269 g/mol. The Bertz CT molecular complexity index is 270. The monoisotopic (exact) mass is 285 g/mol. The first kappa shape index (κ1) is 18.0. The van der Waals surface area contributed by atoms with Gasteiger partial charge in [0.1, 0.15) is 0 Å². The van der Waals surface area contributed by atoms with E-state index in [4.69, 9.17) is 0 Å². The molecule has 0 fully saturated rings. The highest BCUT2D eigenvalue weighted by Crippen LogP contribution is 2.03. The highest BCUT2D eigenvalue weighted by molar-refractivity contribution is 7.09. The van der Waals surface area contributed by atoms with E-state index in [0.29, 0.717) is 13.0 Å². The topological polar surface area (TPSA) is 54.0 Å². The third kappa shape index (κ3) is 7.87. The van der Waals surface area contributed by atoms with Gasteiger partial charge in [-0.2, -0.15) is 0 Å². The molecule has 1 aromatic heterocycles. The molecule has 1 aromatic rings. The minimum absolute atomic E-state index is 0. The van der Waals surface area contributed by atoms with Crippen LogP contribution in [0.5, 0.6) is 0 Å². The van der Waals surface area contributed by atoms with Gasteiger partial charge in [0, 0.05) is 37.5 Å². The molecule has 0 saturated carbocycles. The molecule has 0 bridgehead atoms. The minimum atomic E-state index is 0. The highest BCUT2D eigenvalue weighted by atomic mass is 35.5. The van der Waals surface area contributed by atoms with Crippen molar-refractivity contribution in [1.29, 1.82) is 0 Å². The van der Waals surface area contributed by atoms with Crippen LogP contribution in [0.3, 0.4) is 0 Å². The maximum atomic E-state index is 11.2. The Morgan fingerprint density at radius 1 is 1.44 bits per heavy atom. The molecule has 1 amide bonds. The summed E-state index contributed by atoms with van der Waals surface area (Å²) in [5.41, 5.74) is 0. The second-order valence-electron chi connectivity index (χ2n) is 2.88. The number of nitrogens with one attached hydrogen (secondary N) is 2. The minimum Gasteiger partial charge on any atom is -0.356 e. The lowest BCUT2D eigenvalue weighted by atomic mass is 10.3. The van der Waals surface area contributed by atoms with E-state index in [9.17, 15) is 4.79 Å². The number of carbonyl (C=O) groups excluding carboxylic acids is 1. The Morgan fingerprint density at radius 3 is 2.75 bits per heavy atom. The van der Waals surface area contributed by atoms with Crippen molar-refractivity contribution in [2.75, 3.05) is 20.1 Å². The summed E-state index contributed by atoms with van der Waals surface area (Å²) < 4.78 is 0. The first-order valence-corrected chi connectivity index (χ1v) is 5.50. The van der Waals surface area contributed by atoms with Crippen molar-refractivity contribution in [3.8, 4) is 0 Å². The van der Waals surface area contributed by atoms with Gasteiger partial charge in [-0.3, -0.25) is 4.79 Å². The van der Waals surface area contributed by atoms with Crippen molar-refractivity contribution in [3.05, 3.63) is 16.6 Å². The van der Waals surface area contributed by atoms with Gasteiger partial charge in [0.2, 0.25) is 5.91 Å². The Kier molecular flexibility index (Phi) is 12.5. The predicted octanol–water partition coefficient (Wildman–Crippen LogP) is 1.25. The molecular formula is C9H17Cl2N3OS. The maximum Gasteiger partial charge on any atom is 0.221 e. The Hall–Kier alpha value is -0.360. The van der Waals surface area contributed by atoms with E-state index in [1.807, 2.05) is 12.4 Å². The Balaban J connectivity index is 0. The van der Waals surface area contributed by atoms with Crippen LogP contribution in [0.2, 0.25) is 0 Å². The molecule has 0 radical (unpaired) electrons. The van der Waals surface area contributed by atoms with E-state index in [1.54, 1.807) is 17.5 Å². The van der Waals surface area contributed by atoms with Crippen molar-refractivity contribution in [2.45, 2.75) is 12.8 Å². The van der Waals surface area contributed by atoms with E-state index in [-0.39, 0.29) is 30.7 Å². The van der Waals surface area contributed by atoms with Crippen LogP contribution in [-0.2, 0) is 11.2 Å². The van der Waals surface area contributed by atoms with Crippen molar-refractivity contribution in [1.82, 2.24) is 15.6 Å². The van der Waals surface area contributed by atoms with Gasteiger partial charge in [-0.05, 0) is 7.05 Å². The number of aromatic nitrogens is 1. The summed E-state index contributed by atoms with van der Waals surface area (Å²) in [6.45, 7) is 1.40. The normalized spacial score (nSPS) is 8.81. The fourth-order valence-electron chi connectivity index (χ4n) is 1.01. The number of hydrogen-bond acceptors (Lipinski definition) is 4. The summed E-state index contributed by atoms with van der Waals surface area (Å²) in [6.07, 6.45) is 3.14. The molecule has 0 aliphatic rings. The van der Waals surface area contributed by atoms with Crippen LogP contribution in [-0.4, -0.2) is 31.0 Å². The lowest BCUT2D eigenvalue weighted by Crippen LogP contribution is -2.28. The third-order valence-corrected chi connectivity index (χ3v) is 2.59. The molecule has 1 rings (SSSR count). The molecule has 0 atom stereocenters. The van der Waals surface area contributed by atoms with Gasteiger partial charge in [0.05, 0.1) is 5.01 Å². The summed E-state index contributed by atoms with van der Waals surface area (Å²) >= 11 is 1.62. The molecule has 1 heterocycles. The third-order valence-electron chi connectivity index (χ3n) is 1.75. The summed E-state index contributed by atoms with van der Waals surface area (Å²) in [5.74, 6) is 0.0934. The van der Waals surface area contributed by atoms with Crippen molar-refractivity contribution >= 4 is 42.1 Å². The van der Waals surface area contributed by atoms with E-state index < -0.39 is 0 Å². The zero-order valence-electron chi connectivity index (χ0n) is 9.06. The number of halogens is 2. The van der Waals surface area contributed by atoms with Crippen LogP contribution >= 0.6 is 36.2 Å². The summed E-state index contributed by atoms with van der Waals surface area (Å²) in [4.78, 5) is 15.3. The number of carbonyl (C=O) groups is 1. The number of nitrogens with zero attached hydrogens (tertiary/aromatic N) is 1. The van der Waals surface area contributed by atoms with Crippen LogP contribution in [0, 0.1) is 0 Å². The molecule has 0 aliphatic carbocycles. The summed E-state index contributed by atoms with van der Waals surface area (Å²) in [6, 6.07) is 0. The lowest BCUT2D eigenvalue weighted by Gasteiger charge is -2.02. The van der Waals surface area contributed by atoms with E-state index in [2.05, 4.69) is 15.6 Å². The molecule has 7 heteroatoms. The molecule has 4 nitrogen and oxygen atoms in total. The number of hydrogen-bond donors (Lipinski definition) is 2. The van der Waals surface area contributed by atoms with Gasteiger partial charge < -0.3 is 10.6 Å². The van der Waals surface area contributed by atoms with Gasteiger partial charge in [0.15, 0.2) is 0 Å². The first-order chi connectivity index (χ1) is 6.83. The fourth-order valence-corrected chi connectivity index (χ4v) is 1.63. The lowest BCUT2D eigenvalue weighted by molar-refractivity contribution is -0.120. The molecule has 16 heavy (non-hydrogen) atoms. The van der Waals surface area contributed by atoms with E-state index in [0.717, 1.165) is 18.0 Å². The second kappa shape index (κ2) is 11.1. The predicted molar refractivity (Wildman–Crippen MR) is 71.9 cm³/mol. The van der Waals surface area contributed by atoms with E-state index in [1.165, 1.54) is 0 Å². The maximum absolute atomic E-state index is 11.2. The standard InChI is InChI=1S/C9H15N3OS.2ClH/c1-10-4-2-8(13)11-5-3-9-12-6-7-14-9;;/h6-7,10H,2-5H2,1H3,(H,11,13);2*1H. The smallest absolute Gasteiger partial charge is 0.221 e. The van der Waals surface area contributed by atoms with Gasteiger partial charge in [-0.25, -0.2) is 4.98 Å². The zero-order chi connectivity index (χ0) is 10.2. The number of rotatable bonds is 6. The Labute approximate surface area is 112 Å². The molecule has 0 aromatic carbocycles. The van der Waals surface area contributed by atoms with Crippen LogP contribution in [0.15, 0.2) is 11.6 Å². The number of thiazole rings is 1. The molecule has 0 saturated heterocycles. The van der Waals surface area contributed by atoms with E-state index >= 15 is 0 Å². The zero-order valence-corrected chi connectivity index (χ0v) is 11.5. The molecule has 0 spiro atoms. The molecule has 0 unspecified atom stereocenters. The highest BCUT2D eigenvalue weighted by Gasteiger charge is 2.00. The van der Waals surface area contributed by atoms with Crippen LogP contribution in [0.4, 0.5) is 0 Å². The van der Waals surface area contributed by atoms with Crippen LogP contribution in [0.1, 0.15) is 11.4 Å². The number of amides is 1. The van der Waals surface area contributed by atoms with Crippen molar-refractivity contribution in [3.63, 3.8) is 0 Å². The molecule has 2 N–H and O–H groups in total. The van der Waals surface area contributed by atoms with Crippen LogP contribution in [0.25, 0.3) is 0 Å². The van der Waals surface area contributed by atoms with Crippen molar-refractivity contribution < 1.29 is 4.79 Å².